The third kappa shape index (κ3) is 6.76. The van der Waals surface area contributed by atoms with Gasteiger partial charge in [-0.1, -0.05) is 60.7 Å². The van der Waals surface area contributed by atoms with E-state index >= 15 is 0 Å². The summed E-state index contributed by atoms with van der Waals surface area (Å²) in [4.78, 5) is 17.9. The van der Waals surface area contributed by atoms with E-state index in [4.69, 9.17) is 17.0 Å². The van der Waals surface area contributed by atoms with Gasteiger partial charge in [-0.25, -0.2) is 0 Å². The number of hydrogen-bond donors (Lipinski definition) is 1. The Bertz CT molecular complexity index is 994. The summed E-state index contributed by atoms with van der Waals surface area (Å²) in [7, 11) is 1.57. The van der Waals surface area contributed by atoms with Crippen LogP contribution in [0.15, 0.2) is 89.9 Å². The van der Waals surface area contributed by atoms with Crippen LogP contribution >= 0.6 is 12.2 Å². The molecular formula is C25H25N3O2S. The molecule has 158 valence electrons. The molecule has 0 aliphatic carbocycles. The average Bonchev–Trinajstić information content (AvgIpc) is 2.78. The zero-order valence-electron chi connectivity index (χ0n) is 17.6. The fraction of sp³-hybridized carbons (Fsp3) is 0.160. The van der Waals surface area contributed by atoms with E-state index in [2.05, 4.69) is 34.6 Å². The highest BCUT2D eigenvalue weighted by molar-refractivity contribution is 7.80. The van der Waals surface area contributed by atoms with Crippen LogP contribution in [0.2, 0.25) is 0 Å². The Kier molecular flexibility index (Phi) is 7.90. The fourth-order valence-corrected chi connectivity index (χ4v) is 3.30. The first-order valence-corrected chi connectivity index (χ1v) is 10.3. The predicted molar refractivity (Wildman–Crippen MR) is 129 cm³/mol. The van der Waals surface area contributed by atoms with Crippen LogP contribution < -0.4 is 5.32 Å². The second-order valence-corrected chi connectivity index (χ2v) is 7.35. The predicted octanol–water partition coefficient (Wildman–Crippen LogP) is 5.03. The lowest BCUT2D eigenvalue weighted by Gasteiger charge is -2.23. The molecule has 1 amide bonds. The second kappa shape index (κ2) is 11.0. The zero-order valence-corrected chi connectivity index (χ0v) is 18.4. The molecule has 0 spiro atoms. The third-order valence-corrected chi connectivity index (χ3v) is 4.90. The number of anilines is 1. The van der Waals surface area contributed by atoms with Gasteiger partial charge in [0.2, 0.25) is 11.8 Å². The van der Waals surface area contributed by atoms with Crippen molar-refractivity contribution in [1.82, 2.24) is 4.90 Å². The van der Waals surface area contributed by atoms with E-state index in [0.717, 1.165) is 16.7 Å². The first-order chi connectivity index (χ1) is 15.0. The van der Waals surface area contributed by atoms with Crippen LogP contribution in [-0.4, -0.2) is 28.9 Å². The molecule has 0 atom stereocenters. The topological polar surface area (TPSA) is 53.9 Å². The SMILES string of the molecule is CO/C(=N\C(=S)N(Cc1ccccc1)Cc1ccccc1)c1ccc(NC(C)=O)cc1. The van der Waals surface area contributed by atoms with Gasteiger partial charge in [-0.3, -0.25) is 4.79 Å². The van der Waals surface area contributed by atoms with Crippen LogP contribution in [0.5, 0.6) is 0 Å². The number of thiocarbonyl (C=S) groups is 1. The maximum Gasteiger partial charge on any atom is 0.223 e. The van der Waals surface area contributed by atoms with E-state index < -0.39 is 0 Å². The van der Waals surface area contributed by atoms with E-state index in [1.807, 2.05) is 53.4 Å². The van der Waals surface area contributed by atoms with Gasteiger partial charge < -0.3 is 15.0 Å². The van der Waals surface area contributed by atoms with Crippen molar-refractivity contribution in [3.8, 4) is 0 Å². The molecule has 0 saturated carbocycles. The molecule has 0 aliphatic heterocycles. The van der Waals surface area contributed by atoms with Crippen molar-refractivity contribution in [2.75, 3.05) is 12.4 Å². The average molecular weight is 432 g/mol. The molecule has 3 rings (SSSR count). The molecule has 0 aliphatic rings. The van der Waals surface area contributed by atoms with Crippen LogP contribution in [0.1, 0.15) is 23.6 Å². The largest absolute Gasteiger partial charge is 0.480 e. The molecule has 0 bridgehead atoms. The quantitative estimate of drug-likeness (QED) is 0.338. The number of methoxy groups -OCH3 is 1. The van der Waals surface area contributed by atoms with Gasteiger partial charge >= 0.3 is 0 Å². The summed E-state index contributed by atoms with van der Waals surface area (Å²) >= 11 is 5.70. The fourth-order valence-electron chi connectivity index (χ4n) is 3.08. The molecule has 0 unspecified atom stereocenters. The summed E-state index contributed by atoms with van der Waals surface area (Å²) in [6.07, 6.45) is 0. The molecule has 5 nitrogen and oxygen atoms in total. The van der Waals surface area contributed by atoms with Gasteiger partial charge in [-0.2, -0.15) is 4.99 Å². The van der Waals surface area contributed by atoms with Gasteiger partial charge in [0.05, 0.1) is 7.11 Å². The molecule has 0 radical (unpaired) electrons. The molecular weight excluding hydrogens is 406 g/mol. The summed E-state index contributed by atoms with van der Waals surface area (Å²) in [6, 6.07) is 27.6. The van der Waals surface area contributed by atoms with Crippen molar-refractivity contribution in [2.24, 2.45) is 4.99 Å². The number of benzene rings is 3. The van der Waals surface area contributed by atoms with Crippen molar-refractivity contribution in [2.45, 2.75) is 20.0 Å². The highest BCUT2D eigenvalue weighted by Crippen LogP contribution is 2.15. The van der Waals surface area contributed by atoms with Gasteiger partial charge in [-0.15, -0.1) is 0 Å². The maximum absolute atomic E-state index is 11.2. The molecule has 6 heteroatoms. The van der Waals surface area contributed by atoms with Crippen LogP contribution in [0, 0.1) is 0 Å². The van der Waals surface area contributed by atoms with Crippen LogP contribution in [0.4, 0.5) is 5.69 Å². The zero-order chi connectivity index (χ0) is 22.1. The molecule has 1 N–H and O–H groups in total. The van der Waals surface area contributed by atoms with Gasteiger partial charge in [0.25, 0.3) is 0 Å². The Morgan fingerprint density at radius 3 is 1.87 bits per heavy atom. The Morgan fingerprint density at radius 2 is 1.42 bits per heavy atom. The lowest BCUT2D eigenvalue weighted by Crippen LogP contribution is -2.28. The van der Waals surface area contributed by atoms with Crippen LogP contribution in [0.3, 0.4) is 0 Å². The number of nitrogens with one attached hydrogen (secondary N) is 1. The van der Waals surface area contributed by atoms with E-state index in [0.29, 0.717) is 29.8 Å². The summed E-state index contributed by atoms with van der Waals surface area (Å²) in [5, 5.41) is 3.19. The lowest BCUT2D eigenvalue weighted by atomic mass is 10.2. The van der Waals surface area contributed by atoms with Crippen LogP contribution in [-0.2, 0) is 22.6 Å². The number of amides is 1. The van der Waals surface area contributed by atoms with Gasteiger partial charge in [0.15, 0.2) is 5.11 Å². The van der Waals surface area contributed by atoms with Crippen molar-refractivity contribution >= 4 is 34.8 Å². The lowest BCUT2D eigenvalue weighted by molar-refractivity contribution is -0.114. The number of nitrogens with zero attached hydrogens (tertiary/aromatic N) is 2. The molecule has 3 aromatic rings. The van der Waals surface area contributed by atoms with E-state index in [-0.39, 0.29) is 5.91 Å². The van der Waals surface area contributed by atoms with Crippen molar-refractivity contribution in [3.05, 3.63) is 102 Å². The standard InChI is InChI=1S/C25H25N3O2S/c1-19(29)26-23-15-13-22(14-16-23)24(30-2)27-25(31)28(17-20-9-5-3-6-10-20)18-21-11-7-4-8-12-21/h3-16H,17-18H2,1-2H3,(H,26,29)/b27-24-. The maximum atomic E-state index is 11.2. The van der Waals surface area contributed by atoms with Gasteiger partial charge in [-0.05, 0) is 47.6 Å². The number of aliphatic imine (C=N–C) groups is 1. The van der Waals surface area contributed by atoms with E-state index in [1.165, 1.54) is 6.92 Å². The molecule has 0 saturated heterocycles. The van der Waals surface area contributed by atoms with Crippen molar-refractivity contribution in [3.63, 3.8) is 0 Å². The second-order valence-electron chi connectivity index (χ2n) is 6.99. The highest BCUT2D eigenvalue weighted by atomic mass is 32.1. The molecule has 0 heterocycles. The van der Waals surface area contributed by atoms with Crippen molar-refractivity contribution < 1.29 is 9.53 Å². The smallest absolute Gasteiger partial charge is 0.223 e. The summed E-state index contributed by atoms with van der Waals surface area (Å²) in [6.45, 7) is 2.75. The molecule has 0 fully saturated rings. The first-order valence-electron chi connectivity index (χ1n) is 9.92. The number of carbonyl (C=O) groups is 1. The van der Waals surface area contributed by atoms with Crippen LogP contribution in [0.25, 0.3) is 0 Å². The minimum atomic E-state index is -0.118. The number of carbonyl (C=O) groups excluding carboxylic acids is 1. The Morgan fingerprint density at radius 1 is 0.903 bits per heavy atom. The van der Waals surface area contributed by atoms with E-state index in [1.54, 1.807) is 19.2 Å². The normalized spacial score (nSPS) is 11.0. The summed E-state index contributed by atoms with van der Waals surface area (Å²) < 4.78 is 5.53. The number of ether oxygens (including phenoxy) is 1. The Balaban J connectivity index is 1.83. The van der Waals surface area contributed by atoms with Gasteiger partial charge in [0.1, 0.15) is 0 Å². The monoisotopic (exact) mass is 431 g/mol. The number of hydrogen-bond acceptors (Lipinski definition) is 3. The molecule has 3 aromatic carbocycles. The highest BCUT2D eigenvalue weighted by Gasteiger charge is 2.13. The van der Waals surface area contributed by atoms with E-state index in [9.17, 15) is 4.79 Å². The minimum absolute atomic E-state index is 0.118. The minimum Gasteiger partial charge on any atom is -0.480 e. The Labute approximate surface area is 188 Å². The van der Waals surface area contributed by atoms with Gasteiger partial charge in [0, 0.05) is 31.3 Å². The molecule has 31 heavy (non-hydrogen) atoms. The first kappa shape index (κ1) is 22.2. The summed E-state index contributed by atoms with van der Waals surface area (Å²) in [5.74, 6) is 0.303. The molecule has 0 aromatic heterocycles. The Hall–Kier alpha value is -3.51. The number of rotatable bonds is 6. The van der Waals surface area contributed by atoms with Crippen molar-refractivity contribution in [1.29, 1.82) is 0 Å². The third-order valence-electron chi connectivity index (χ3n) is 4.55. The summed E-state index contributed by atoms with van der Waals surface area (Å²) in [5.41, 5.74) is 3.78.